The van der Waals surface area contributed by atoms with Crippen molar-refractivity contribution in [2.45, 2.75) is 13.5 Å². The predicted molar refractivity (Wildman–Crippen MR) is 134 cm³/mol. The van der Waals surface area contributed by atoms with Crippen LogP contribution in [0.5, 0.6) is 11.5 Å². The number of hydrogen-bond acceptors (Lipinski definition) is 5. The second-order valence-electron chi connectivity index (χ2n) is 7.81. The maximum absolute atomic E-state index is 13.9. The van der Waals surface area contributed by atoms with E-state index in [0.717, 1.165) is 10.5 Å². The normalized spacial score (nSPS) is 14.8. The molecule has 3 aromatic carbocycles. The number of halogens is 3. The first-order valence-corrected chi connectivity index (χ1v) is 11.4. The van der Waals surface area contributed by atoms with Gasteiger partial charge in [-0.15, -0.1) is 0 Å². The number of ether oxygens (including phenoxy) is 2. The highest BCUT2D eigenvalue weighted by Crippen LogP contribution is 2.38. The molecule has 4 rings (SSSR count). The first kappa shape index (κ1) is 25.2. The van der Waals surface area contributed by atoms with Gasteiger partial charge in [0.05, 0.1) is 17.8 Å². The summed E-state index contributed by atoms with van der Waals surface area (Å²) in [5, 5.41) is 2.62. The molecule has 0 aliphatic carbocycles. The van der Waals surface area contributed by atoms with Crippen molar-refractivity contribution in [2.75, 3.05) is 12.0 Å². The Morgan fingerprint density at radius 1 is 1.03 bits per heavy atom. The first-order chi connectivity index (χ1) is 17.2. The summed E-state index contributed by atoms with van der Waals surface area (Å²) >= 11 is 12.5. The average molecular weight is 529 g/mol. The number of nitrogens with zero attached hydrogens (tertiary/aromatic N) is 1. The van der Waals surface area contributed by atoms with Crippen LogP contribution in [0.15, 0.2) is 60.2 Å². The van der Waals surface area contributed by atoms with Crippen molar-refractivity contribution < 1.29 is 28.2 Å². The zero-order valence-corrected chi connectivity index (χ0v) is 20.6. The lowest BCUT2D eigenvalue weighted by Gasteiger charge is -2.26. The lowest BCUT2D eigenvalue weighted by atomic mass is 10.1. The number of nitrogens with one attached hydrogen (secondary N) is 1. The molecule has 0 aromatic heterocycles. The lowest BCUT2D eigenvalue weighted by molar-refractivity contribution is -0.122. The van der Waals surface area contributed by atoms with Crippen molar-refractivity contribution in [3.8, 4) is 11.5 Å². The Kier molecular flexibility index (Phi) is 7.28. The highest BCUT2D eigenvalue weighted by atomic mass is 35.5. The van der Waals surface area contributed by atoms with Crippen molar-refractivity contribution in [3.63, 3.8) is 0 Å². The van der Waals surface area contributed by atoms with Crippen LogP contribution < -0.4 is 19.7 Å². The summed E-state index contributed by atoms with van der Waals surface area (Å²) in [7, 11) is 1.39. The monoisotopic (exact) mass is 528 g/mol. The van der Waals surface area contributed by atoms with Gasteiger partial charge < -0.3 is 9.47 Å². The molecule has 1 aliphatic rings. The Labute approximate surface area is 216 Å². The van der Waals surface area contributed by atoms with E-state index in [-0.39, 0.29) is 34.4 Å². The number of aryl methyl sites for hydroxylation is 1. The van der Waals surface area contributed by atoms with Crippen LogP contribution in [0.1, 0.15) is 16.7 Å². The molecule has 36 heavy (non-hydrogen) atoms. The third-order valence-electron chi connectivity index (χ3n) is 5.41. The number of urea groups is 1. The number of rotatable bonds is 6. The molecule has 3 aromatic rings. The molecular weight excluding hydrogens is 510 g/mol. The summed E-state index contributed by atoms with van der Waals surface area (Å²) in [6.07, 6.45) is 1.28. The standard InChI is InChI=1S/C26H19Cl2FN2O5/c1-14-7-8-17(12-19(14)27)31-25(33)18(24(32)30-26(31)34)9-15-10-20(28)23(22(11-15)35-2)36-13-16-5-3-4-6-21(16)29/h3-12H,13H2,1-2H3,(H,30,32,34)/b18-9-. The second-order valence-corrected chi connectivity index (χ2v) is 8.62. The molecule has 0 radical (unpaired) electrons. The summed E-state index contributed by atoms with van der Waals surface area (Å²) < 4.78 is 25.0. The molecule has 4 amide bonds. The smallest absolute Gasteiger partial charge is 0.335 e. The van der Waals surface area contributed by atoms with Gasteiger partial charge in [-0.3, -0.25) is 14.9 Å². The van der Waals surface area contributed by atoms with Crippen LogP contribution in [0.2, 0.25) is 10.0 Å². The highest BCUT2D eigenvalue weighted by Gasteiger charge is 2.37. The summed E-state index contributed by atoms with van der Waals surface area (Å²) in [5.41, 5.74) is 1.33. The van der Waals surface area contributed by atoms with E-state index in [2.05, 4.69) is 5.32 Å². The Balaban J connectivity index is 1.66. The fraction of sp³-hybridized carbons (Fsp3) is 0.115. The third-order valence-corrected chi connectivity index (χ3v) is 6.10. The molecule has 7 nitrogen and oxygen atoms in total. The van der Waals surface area contributed by atoms with Crippen molar-refractivity contribution in [1.29, 1.82) is 0 Å². The van der Waals surface area contributed by atoms with Crippen LogP contribution in [-0.4, -0.2) is 25.0 Å². The Hall–Kier alpha value is -3.88. The number of carbonyl (C=O) groups excluding carboxylic acids is 3. The lowest BCUT2D eigenvalue weighted by Crippen LogP contribution is -2.54. The fourth-order valence-electron chi connectivity index (χ4n) is 3.51. The van der Waals surface area contributed by atoms with Crippen LogP contribution in [0, 0.1) is 12.7 Å². The molecule has 1 aliphatic heterocycles. The SMILES string of the molecule is COc1cc(/C=C2/C(=O)NC(=O)N(c3ccc(C)c(Cl)c3)C2=O)cc(Cl)c1OCc1ccccc1F. The van der Waals surface area contributed by atoms with Gasteiger partial charge in [0, 0.05) is 10.6 Å². The topological polar surface area (TPSA) is 84.9 Å². The van der Waals surface area contributed by atoms with Crippen LogP contribution in [0.4, 0.5) is 14.9 Å². The van der Waals surface area contributed by atoms with Gasteiger partial charge in [-0.05, 0) is 54.5 Å². The van der Waals surface area contributed by atoms with Gasteiger partial charge in [0.1, 0.15) is 18.0 Å². The van der Waals surface area contributed by atoms with Gasteiger partial charge in [-0.1, -0.05) is 47.5 Å². The molecule has 1 fully saturated rings. The van der Waals surface area contributed by atoms with Gasteiger partial charge in [0.15, 0.2) is 11.5 Å². The minimum Gasteiger partial charge on any atom is -0.493 e. The van der Waals surface area contributed by atoms with Gasteiger partial charge in [0.25, 0.3) is 11.8 Å². The molecule has 184 valence electrons. The number of benzene rings is 3. The number of imide groups is 2. The van der Waals surface area contributed by atoms with E-state index in [4.69, 9.17) is 32.7 Å². The Morgan fingerprint density at radius 3 is 2.47 bits per heavy atom. The van der Waals surface area contributed by atoms with E-state index in [1.165, 1.54) is 37.5 Å². The van der Waals surface area contributed by atoms with Crippen LogP contribution in [0.25, 0.3) is 6.08 Å². The molecule has 1 saturated heterocycles. The summed E-state index contributed by atoms with van der Waals surface area (Å²) in [4.78, 5) is 38.9. The van der Waals surface area contributed by atoms with Crippen molar-refractivity contribution in [3.05, 3.63) is 92.7 Å². The first-order valence-electron chi connectivity index (χ1n) is 10.6. The van der Waals surface area contributed by atoms with Crippen molar-refractivity contribution in [2.24, 2.45) is 0 Å². The van der Waals surface area contributed by atoms with Crippen molar-refractivity contribution in [1.82, 2.24) is 5.32 Å². The predicted octanol–water partition coefficient (Wildman–Crippen LogP) is 5.69. The fourth-order valence-corrected chi connectivity index (χ4v) is 3.96. The van der Waals surface area contributed by atoms with E-state index >= 15 is 0 Å². The highest BCUT2D eigenvalue weighted by molar-refractivity contribution is 6.39. The van der Waals surface area contributed by atoms with E-state index < -0.39 is 23.7 Å². The quantitative estimate of drug-likeness (QED) is 0.328. The molecule has 0 atom stereocenters. The molecule has 0 unspecified atom stereocenters. The minimum absolute atomic E-state index is 0.0970. The number of barbiturate groups is 1. The number of carbonyl (C=O) groups is 3. The minimum atomic E-state index is -0.894. The maximum atomic E-state index is 13.9. The van der Waals surface area contributed by atoms with Gasteiger partial charge >= 0.3 is 6.03 Å². The number of amides is 4. The van der Waals surface area contributed by atoms with Crippen LogP contribution >= 0.6 is 23.2 Å². The van der Waals surface area contributed by atoms with Crippen molar-refractivity contribution >= 4 is 52.8 Å². The Bertz CT molecular complexity index is 1420. The van der Waals surface area contributed by atoms with E-state index in [1.54, 1.807) is 37.3 Å². The van der Waals surface area contributed by atoms with Crippen LogP contribution in [0.3, 0.4) is 0 Å². The molecule has 0 bridgehead atoms. The van der Waals surface area contributed by atoms with E-state index in [9.17, 15) is 18.8 Å². The second kappa shape index (κ2) is 10.4. The largest absolute Gasteiger partial charge is 0.493 e. The number of anilines is 1. The maximum Gasteiger partial charge on any atom is 0.335 e. The molecule has 1 N–H and O–H groups in total. The van der Waals surface area contributed by atoms with Gasteiger partial charge in [-0.25, -0.2) is 14.1 Å². The number of methoxy groups -OCH3 is 1. The van der Waals surface area contributed by atoms with Gasteiger partial charge in [-0.2, -0.15) is 0 Å². The zero-order chi connectivity index (χ0) is 26.0. The average Bonchev–Trinajstić information content (AvgIpc) is 2.83. The third kappa shape index (κ3) is 5.05. The molecule has 1 heterocycles. The molecule has 10 heteroatoms. The number of hydrogen-bond donors (Lipinski definition) is 1. The summed E-state index contributed by atoms with van der Waals surface area (Å²) in [6.45, 7) is 1.68. The molecule has 0 spiro atoms. The molecular formula is C26H19Cl2FN2O5. The van der Waals surface area contributed by atoms with Crippen LogP contribution in [-0.2, 0) is 16.2 Å². The summed E-state index contributed by atoms with van der Waals surface area (Å²) in [6, 6.07) is 12.9. The summed E-state index contributed by atoms with van der Waals surface area (Å²) in [5.74, 6) is -1.76. The zero-order valence-electron chi connectivity index (χ0n) is 19.1. The van der Waals surface area contributed by atoms with Gasteiger partial charge in [0.2, 0.25) is 0 Å². The Morgan fingerprint density at radius 2 is 1.78 bits per heavy atom. The molecule has 0 saturated carbocycles. The van der Waals surface area contributed by atoms with E-state index in [1.807, 2.05) is 0 Å². The van der Waals surface area contributed by atoms with E-state index in [0.29, 0.717) is 16.1 Å².